The highest BCUT2D eigenvalue weighted by atomic mass is 35.5. The summed E-state index contributed by atoms with van der Waals surface area (Å²) in [5.74, 6) is 0.764. The molecule has 4 heterocycles. The number of hydrogen-bond acceptors (Lipinski definition) is 5. The minimum Gasteiger partial charge on any atom is -0.355 e. The molecule has 8 heteroatoms. The summed E-state index contributed by atoms with van der Waals surface area (Å²) < 4.78 is 8.40. The van der Waals surface area contributed by atoms with Crippen LogP contribution in [0.2, 0.25) is 4.34 Å². The Hall–Kier alpha value is -2.61. The highest BCUT2D eigenvalue weighted by molar-refractivity contribution is 7.19. The quantitative estimate of drug-likeness (QED) is 0.357. The van der Waals surface area contributed by atoms with Gasteiger partial charge in [0.2, 0.25) is 0 Å². The van der Waals surface area contributed by atoms with Crippen molar-refractivity contribution in [3.63, 3.8) is 0 Å². The van der Waals surface area contributed by atoms with Gasteiger partial charge in [-0.1, -0.05) is 48.8 Å². The minimum atomic E-state index is 0.0763. The highest BCUT2D eigenvalue weighted by Crippen LogP contribution is 2.32. The van der Waals surface area contributed by atoms with Crippen molar-refractivity contribution < 1.29 is 9.32 Å². The van der Waals surface area contributed by atoms with Crippen LogP contribution in [-0.2, 0) is 6.54 Å². The molecule has 1 aromatic carbocycles. The van der Waals surface area contributed by atoms with Crippen molar-refractivity contribution in [3.05, 3.63) is 63.8 Å². The van der Waals surface area contributed by atoms with Gasteiger partial charge in [0.1, 0.15) is 11.4 Å². The zero-order valence-corrected chi connectivity index (χ0v) is 21.2. The first-order valence-corrected chi connectivity index (χ1v) is 12.9. The lowest BCUT2D eigenvalue weighted by molar-refractivity contribution is 0.0693. The maximum absolute atomic E-state index is 13.7. The van der Waals surface area contributed by atoms with Gasteiger partial charge in [-0.15, -0.1) is 11.3 Å². The second-order valence-electron chi connectivity index (χ2n) is 9.30. The van der Waals surface area contributed by atoms with E-state index in [1.54, 1.807) is 0 Å². The van der Waals surface area contributed by atoms with Gasteiger partial charge in [0.15, 0.2) is 5.76 Å². The lowest BCUT2D eigenvalue weighted by atomic mass is 10.0. The monoisotopic (exact) mass is 496 g/mol. The van der Waals surface area contributed by atoms with E-state index in [1.807, 2.05) is 35.2 Å². The highest BCUT2D eigenvalue weighted by Gasteiger charge is 2.27. The van der Waals surface area contributed by atoms with E-state index in [0.717, 1.165) is 53.0 Å². The third kappa shape index (κ3) is 4.65. The van der Waals surface area contributed by atoms with Crippen molar-refractivity contribution in [2.75, 3.05) is 13.1 Å². The Morgan fingerprint density at radius 1 is 1.24 bits per heavy atom. The SMILES string of the molecule is Cc1cccc2cc(C(=O)N3CCC(NC(C)C)CC3)n(Cc3cc(-c4ccc(Cl)s4)on3)c12. The number of nitrogens with zero attached hydrogens (tertiary/aromatic N) is 3. The number of likely N-dealkylation sites (tertiary alicyclic amines) is 1. The molecule has 0 atom stereocenters. The Morgan fingerprint density at radius 2 is 2.03 bits per heavy atom. The minimum absolute atomic E-state index is 0.0763. The average Bonchev–Trinajstić information content (AvgIpc) is 3.53. The first kappa shape index (κ1) is 23.1. The van der Waals surface area contributed by atoms with Gasteiger partial charge in [-0.3, -0.25) is 4.79 Å². The van der Waals surface area contributed by atoms with E-state index in [1.165, 1.54) is 11.3 Å². The maximum Gasteiger partial charge on any atom is 0.270 e. The standard InChI is InChI=1S/C26H29ClN4O2S/c1-16(2)28-19-9-11-30(12-10-19)26(32)21-13-18-6-4-5-17(3)25(18)31(21)15-20-14-22(33-29-20)23-7-8-24(27)34-23/h4-8,13-14,16,19,28H,9-12,15H2,1-3H3. The van der Waals surface area contributed by atoms with Crippen LogP contribution in [0.3, 0.4) is 0 Å². The summed E-state index contributed by atoms with van der Waals surface area (Å²) in [7, 11) is 0. The molecule has 6 nitrogen and oxygen atoms in total. The van der Waals surface area contributed by atoms with E-state index in [4.69, 9.17) is 16.1 Å². The third-order valence-electron chi connectivity index (χ3n) is 6.39. The number of thiophene rings is 1. The number of aromatic nitrogens is 2. The molecular weight excluding hydrogens is 468 g/mol. The summed E-state index contributed by atoms with van der Waals surface area (Å²) in [4.78, 5) is 16.6. The van der Waals surface area contributed by atoms with Crippen LogP contribution in [0.5, 0.6) is 0 Å². The Labute approximate surface area is 208 Å². The predicted molar refractivity (Wildman–Crippen MR) is 138 cm³/mol. The number of carbonyl (C=O) groups excluding carboxylic acids is 1. The molecular formula is C26H29ClN4O2S. The van der Waals surface area contributed by atoms with Gasteiger partial charge in [0.25, 0.3) is 5.91 Å². The molecule has 3 aromatic heterocycles. The molecule has 1 saturated heterocycles. The van der Waals surface area contributed by atoms with Crippen LogP contribution in [0.1, 0.15) is 48.4 Å². The molecule has 1 fully saturated rings. The number of aryl methyl sites for hydroxylation is 1. The summed E-state index contributed by atoms with van der Waals surface area (Å²) in [6.07, 6.45) is 1.94. The zero-order valence-electron chi connectivity index (χ0n) is 19.7. The number of benzene rings is 1. The van der Waals surface area contributed by atoms with Crippen molar-refractivity contribution in [2.45, 2.75) is 52.2 Å². The first-order valence-electron chi connectivity index (χ1n) is 11.7. The fraction of sp³-hybridized carbons (Fsp3) is 0.385. The number of rotatable bonds is 6. The lowest BCUT2D eigenvalue weighted by Gasteiger charge is -2.33. The van der Waals surface area contributed by atoms with Gasteiger partial charge in [0.05, 0.1) is 21.3 Å². The van der Waals surface area contributed by atoms with Gasteiger partial charge < -0.3 is 19.3 Å². The van der Waals surface area contributed by atoms with E-state index in [-0.39, 0.29) is 5.91 Å². The molecule has 1 aliphatic heterocycles. The predicted octanol–water partition coefficient (Wildman–Crippen LogP) is 5.97. The topological polar surface area (TPSA) is 63.3 Å². The molecule has 1 aliphatic rings. The molecule has 0 aliphatic carbocycles. The van der Waals surface area contributed by atoms with Crippen LogP contribution in [0.4, 0.5) is 0 Å². The van der Waals surface area contributed by atoms with E-state index in [2.05, 4.69) is 47.9 Å². The molecule has 34 heavy (non-hydrogen) atoms. The molecule has 1 N–H and O–H groups in total. The third-order valence-corrected chi connectivity index (χ3v) is 7.63. The largest absolute Gasteiger partial charge is 0.355 e. The van der Waals surface area contributed by atoms with Crippen LogP contribution < -0.4 is 5.32 Å². The molecule has 4 aromatic rings. The van der Waals surface area contributed by atoms with Gasteiger partial charge in [-0.2, -0.15) is 0 Å². The fourth-order valence-corrected chi connectivity index (χ4v) is 5.84. The molecule has 0 saturated carbocycles. The van der Waals surface area contributed by atoms with E-state index in [9.17, 15) is 4.79 Å². The second-order valence-corrected chi connectivity index (χ2v) is 11.0. The molecule has 0 unspecified atom stereocenters. The summed E-state index contributed by atoms with van der Waals surface area (Å²) in [6.45, 7) is 8.40. The van der Waals surface area contributed by atoms with E-state index < -0.39 is 0 Å². The van der Waals surface area contributed by atoms with Crippen LogP contribution in [-0.4, -0.2) is 45.7 Å². The van der Waals surface area contributed by atoms with Crippen molar-refractivity contribution in [1.82, 2.24) is 19.9 Å². The number of fused-ring (bicyclic) bond motifs is 1. The van der Waals surface area contributed by atoms with Gasteiger partial charge in [0, 0.05) is 36.6 Å². The number of carbonyl (C=O) groups is 1. The molecule has 1 amide bonds. The number of para-hydroxylation sites is 1. The van der Waals surface area contributed by atoms with Crippen molar-refractivity contribution in [3.8, 4) is 10.6 Å². The maximum atomic E-state index is 13.7. The van der Waals surface area contributed by atoms with Gasteiger partial charge in [-0.25, -0.2) is 0 Å². The van der Waals surface area contributed by atoms with E-state index in [0.29, 0.717) is 34.4 Å². The normalized spacial score (nSPS) is 15.0. The summed E-state index contributed by atoms with van der Waals surface area (Å²) in [6, 6.07) is 14.8. The Balaban J connectivity index is 1.44. The number of piperidine rings is 1. The van der Waals surface area contributed by atoms with E-state index >= 15 is 0 Å². The lowest BCUT2D eigenvalue weighted by Crippen LogP contribution is -2.47. The van der Waals surface area contributed by atoms with Crippen molar-refractivity contribution in [2.24, 2.45) is 0 Å². The Bertz CT molecular complexity index is 1310. The van der Waals surface area contributed by atoms with Crippen LogP contribution in [0.15, 0.2) is 47.0 Å². The van der Waals surface area contributed by atoms with Crippen LogP contribution >= 0.6 is 22.9 Å². The summed E-state index contributed by atoms with van der Waals surface area (Å²) in [5, 5.41) is 8.96. The second kappa shape index (κ2) is 9.56. The Morgan fingerprint density at radius 3 is 2.74 bits per heavy atom. The molecule has 0 radical (unpaired) electrons. The average molecular weight is 497 g/mol. The van der Waals surface area contributed by atoms with Gasteiger partial charge in [-0.05, 0) is 43.5 Å². The zero-order chi connectivity index (χ0) is 23.8. The number of halogens is 1. The molecule has 0 spiro atoms. The van der Waals surface area contributed by atoms with Gasteiger partial charge >= 0.3 is 0 Å². The first-order chi connectivity index (χ1) is 16.4. The van der Waals surface area contributed by atoms with Crippen molar-refractivity contribution in [1.29, 1.82) is 0 Å². The number of hydrogen-bond donors (Lipinski definition) is 1. The van der Waals surface area contributed by atoms with Crippen molar-refractivity contribution >= 4 is 39.7 Å². The molecule has 0 bridgehead atoms. The smallest absolute Gasteiger partial charge is 0.270 e. The number of amides is 1. The van der Waals surface area contributed by atoms with Crippen LogP contribution in [0.25, 0.3) is 21.5 Å². The summed E-state index contributed by atoms with van der Waals surface area (Å²) in [5.41, 5.74) is 3.66. The summed E-state index contributed by atoms with van der Waals surface area (Å²) >= 11 is 7.54. The molecule has 5 rings (SSSR count). The van der Waals surface area contributed by atoms with Crippen LogP contribution in [0, 0.1) is 6.92 Å². The fourth-order valence-electron chi connectivity index (χ4n) is 4.85. The number of nitrogens with one attached hydrogen (secondary N) is 1. The molecule has 178 valence electrons. The Kier molecular flexibility index (Phi) is 6.51.